The lowest BCUT2D eigenvalue weighted by Gasteiger charge is -2.33. The van der Waals surface area contributed by atoms with E-state index in [0.717, 1.165) is 71.9 Å². The summed E-state index contributed by atoms with van der Waals surface area (Å²) < 4.78 is 5.95. The molecule has 26 heavy (non-hydrogen) atoms. The highest BCUT2D eigenvalue weighted by Crippen LogP contribution is 2.25. The van der Waals surface area contributed by atoms with Crippen molar-refractivity contribution < 1.29 is 4.42 Å². The van der Waals surface area contributed by atoms with Crippen LogP contribution in [0.2, 0.25) is 0 Å². The predicted molar refractivity (Wildman–Crippen MR) is 105 cm³/mol. The molecule has 0 saturated carbocycles. The largest absolute Gasteiger partial charge is 0.423 e. The van der Waals surface area contributed by atoms with Crippen molar-refractivity contribution in [1.82, 2.24) is 19.9 Å². The number of fused-ring (bicyclic) bond motifs is 1. The summed E-state index contributed by atoms with van der Waals surface area (Å²) in [7, 11) is 0. The van der Waals surface area contributed by atoms with Crippen LogP contribution >= 0.6 is 11.8 Å². The van der Waals surface area contributed by atoms with Crippen molar-refractivity contribution in [3.05, 3.63) is 41.7 Å². The second kappa shape index (κ2) is 7.63. The average Bonchev–Trinajstić information content (AvgIpc) is 3.10. The van der Waals surface area contributed by atoms with Gasteiger partial charge >= 0.3 is 0 Å². The van der Waals surface area contributed by atoms with Gasteiger partial charge in [-0.05, 0) is 24.3 Å². The van der Waals surface area contributed by atoms with E-state index in [1.54, 1.807) is 11.8 Å². The lowest BCUT2D eigenvalue weighted by molar-refractivity contribution is 0.245. The van der Waals surface area contributed by atoms with Crippen LogP contribution in [0.3, 0.4) is 0 Å². The Labute approximate surface area is 157 Å². The fourth-order valence-electron chi connectivity index (χ4n) is 3.19. The summed E-state index contributed by atoms with van der Waals surface area (Å²) in [6.45, 7) is 8.84. The molecule has 1 fully saturated rings. The second-order valence-electron chi connectivity index (χ2n) is 6.49. The highest BCUT2D eigenvalue weighted by Gasteiger charge is 2.21. The molecular formula is C19H23N5OS. The zero-order valence-corrected chi connectivity index (χ0v) is 16.0. The third-order valence-corrected chi connectivity index (χ3v) is 5.37. The third-order valence-electron chi connectivity index (χ3n) is 4.61. The molecule has 0 radical (unpaired) electrons. The lowest BCUT2D eigenvalue weighted by Crippen LogP contribution is -2.46. The number of benzene rings is 1. The van der Waals surface area contributed by atoms with Gasteiger partial charge in [-0.25, -0.2) is 9.97 Å². The molecule has 0 amide bonds. The fourth-order valence-corrected chi connectivity index (χ4v) is 3.71. The zero-order valence-electron chi connectivity index (χ0n) is 15.2. The first-order chi connectivity index (χ1) is 12.7. The van der Waals surface area contributed by atoms with E-state index in [2.05, 4.69) is 39.7 Å². The van der Waals surface area contributed by atoms with Gasteiger partial charge in [0.25, 0.3) is 6.01 Å². The van der Waals surface area contributed by atoms with E-state index < -0.39 is 0 Å². The predicted octanol–water partition coefficient (Wildman–Crippen LogP) is 3.36. The Morgan fingerprint density at radius 1 is 1.12 bits per heavy atom. The van der Waals surface area contributed by atoms with Crippen molar-refractivity contribution in [2.24, 2.45) is 0 Å². The number of aromatic nitrogens is 3. The first-order valence-electron chi connectivity index (χ1n) is 9.00. The topological polar surface area (TPSA) is 58.3 Å². The number of aryl methyl sites for hydroxylation is 1. The van der Waals surface area contributed by atoms with Crippen molar-refractivity contribution in [2.45, 2.75) is 25.5 Å². The Hall–Kier alpha value is -2.12. The Bertz CT molecular complexity index is 871. The van der Waals surface area contributed by atoms with Crippen LogP contribution in [0.15, 0.2) is 40.2 Å². The SMILES string of the molecule is CCSc1ncc(CN2CCN(c3nc4c(C)cccc4o3)CC2)cn1. The monoisotopic (exact) mass is 369 g/mol. The normalized spacial score (nSPS) is 15.7. The van der Waals surface area contributed by atoms with E-state index in [-0.39, 0.29) is 0 Å². The van der Waals surface area contributed by atoms with Gasteiger partial charge in [0.15, 0.2) is 10.7 Å². The van der Waals surface area contributed by atoms with Crippen LogP contribution in [0.4, 0.5) is 6.01 Å². The van der Waals surface area contributed by atoms with Gasteiger partial charge in [0.05, 0.1) is 0 Å². The van der Waals surface area contributed by atoms with E-state index in [1.165, 1.54) is 0 Å². The molecule has 3 heterocycles. The summed E-state index contributed by atoms with van der Waals surface area (Å²) in [5.74, 6) is 0.997. The molecule has 1 aliphatic rings. The van der Waals surface area contributed by atoms with Gasteiger partial charge in [-0.2, -0.15) is 4.98 Å². The number of oxazole rings is 1. The van der Waals surface area contributed by atoms with Gasteiger partial charge < -0.3 is 9.32 Å². The maximum Gasteiger partial charge on any atom is 0.298 e. The van der Waals surface area contributed by atoms with Crippen molar-refractivity contribution >= 4 is 28.9 Å². The third kappa shape index (κ3) is 3.68. The van der Waals surface area contributed by atoms with Crippen molar-refractivity contribution in [3.8, 4) is 0 Å². The molecule has 1 aliphatic heterocycles. The van der Waals surface area contributed by atoms with Gasteiger partial charge in [-0.1, -0.05) is 30.8 Å². The number of para-hydroxylation sites is 1. The molecular weight excluding hydrogens is 346 g/mol. The number of piperazine rings is 1. The van der Waals surface area contributed by atoms with Gasteiger partial charge in [0.1, 0.15) is 5.52 Å². The van der Waals surface area contributed by atoms with E-state index in [0.29, 0.717) is 0 Å². The Balaban J connectivity index is 1.36. The molecule has 6 nitrogen and oxygen atoms in total. The van der Waals surface area contributed by atoms with Crippen molar-refractivity contribution in [2.75, 3.05) is 36.8 Å². The highest BCUT2D eigenvalue weighted by molar-refractivity contribution is 7.99. The Morgan fingerprint density at radius 3 is 2.58 bits per heavy atom. The second-order valence-corrected chi connectivity index (χ2v) is 7.72. The van der Waals surface area contributed by atoms with Crippen LogP contribution in [-0.2, 0) is 6.54 Å². The minimum atomic E-state index is 0.734. The average molecular weight is 369 g/mol. The number of anilines is 1. The summed E-state index contributed by atoms with van der Waals surface area (Å²) in [5, 5.41) is 0.854. The van der Waals surface area contributed by atoms with E-state index in [9.17, 15) is 0 Å². The summed E-state index contributed by atoms with van der Waals surface area (Å²) in [6, 6.07) is 6.80. The molecule has 0 aliphatic carbocycles. The summed E-state index contributed by atoms with van der Waals surface area (Å²) >= 11 is 1.67. The minimum absolute atomic E-state index is 0.734. The van der Waals surface area contributed by atoms with Crippen LogP contribution in [0.1, 0.15) is 18.1 Å². The fraction of sp³-hybridized carbons (Fsp3) is 0.421. The van der Waals surface area contributed by atoms with Gasteiger partial charge in [0.2, 0.25) is 0 Å². The van der Waals surface area contributed by atoms with Crippen LogP contribution in [-0.4, -0.2) is 51.8 Å². The Kier molecular flexibility index (Phi) is 5.08. The number of hydrogen-bond donors (Lipinski definition) is 0. The van der Waals surface area contributed by atoms with Crippen LogP contribution < -0.4 is 4.90 Å². The number of nitrogens with zero attached hydrogens (tertiary/aromatic N) is 5. The lowest BCUT2D eigenvalue weighted by atomic mass is 10.2. The number of rotatable bonds is 5. The quantitative estimate of drug-likeness (QED) is 0.505. The van der Waals surface area contributed by atoms with Crippen molar-refractivity contribution in [1.29, 1.82) is 0 Å². The van der Waals surface area contributed by atoms with Crippen LogP contribution in [0.25, 0.3) is 11.1 Å². The molecule has 4 rings (SSSR count). The zero-order chi connectivity index (χ0) is 17.9. The maximum atomic E-state index is 5.95. The van der Waals surface area contributed by atoms with E-state index >= 15 is 0 Å². The first-order valence-corrected chi connectivity index (χ1v) is 9.98. The molecule has 0 unspecified atom stereocenters. The smallest absolute Gasteiger partial charge is 0.298 e. The molecule has 7 heteroatoms. The molecule has 3 aromatic rings. The van der Waals surface area contributed by atoms with Gasteiger partial charge in [0, 0.05) is 50.7 Å². The summed E-state index contributed by atoms with van der Waals surface area (Å²) in [4.78, 5) is 18.2. The van der Waals surface area contributed by atoms with E-state index in [4.69, 9.17) is 9.40 Å². The number of thioether (sulfide) groups is 1. The summed E-state index contributed by atoms with van der Waals surface area (Å²) in [5.41, 5.74) is 4.15. The molecule has 1 aromatic carbocycles. The van der Waals surface area contributed by atoms with Gasteiger partial charge in [-0.15, -0.1) is 0 Å². The Morgan fingerprint density at radius 2 is 1.88 bits per heavy atom. The van der Waals surface area contributed by atoms with E-state index in [1.807, 2.05) is 24.5 Å². The molecule has 0 N–H and O–H groups in total. The molecule has 0 atom stereocenters. The first kappa shape index (κ1) is 17.3. The molecule has 136 valence electrons. The summed E-state index contributed by atoms with van der Waals surface area (Å²) in [6.07, 6.45) is 3.89. The van der Waals surface area contributed by atoms with Crippen LogP contribution in [0, 0.1) is 6.92 Å². The van der Waals surface area contributed by atoms with Gasteiger partial charge in [-0.3, -0.25) is 4.90 Å². The minimum Gasteiger partial charge on any atom is -0.423 e. The van der Waals surface area contributed by atoms with Crippen LogP contribution in [0.5, 0.6) is 0 Å². The molecule has 1 saturated heterocycles. The molecule has 0 bridgehead atoms. The standard InChI is InChI=1S/C19H23N5OS/c1-3-26-18-20-11-15(12-21-18)13-23-7-9-24(10-8-23)19-22-17-14(2)5-4-6-16(17)25-19/h4-6,11-12H,3,7-10,13H2,1-2H3. The molecule has 0 spiro atoms. The number of hydrogen-bond acceptors (Lipinski definition) is 7. The van der Waals surface area contributed by atoms with Crippen molar-refractivity contribution in [3.63, 3.8) is 0 Å². The molecule has 2 aromatic heterocycles. The highest BCUT2D eigenvalue weighted by atomic mass is 32.2. The maximum absolute atomic E-state index is 5.95.